The molecule has 2 N–H and O–H groups in total. The molecule has 0 radical (unpaired) electrons. The van der Waals surface area contributed by atoms with Gasteiger partial charge in [-0.3, -0.25) is 0 Å². The lowest BCUT2D eigenvalue weighted by molar-refractivity contribution is -0.143. The van der Waals surface area contributed by atoms with E-state index in [0.717, 1.165) is 19.1 Å². The molecule has 0 aliphatic heterocycles. The predicted molar refractivity (Wildman–Crippen MR) is 46.0 cm³/mol. The van der Waals surface area contributed by atoms with Crippen molar-refractivity contribution in [1.29, 1.82) is 0 Å². The van der Waals surface area contributed by atoms with E-state index in [0.29, 0.717) is 6.42 Å². The van der Waals surface area contributed by atoms with E-state index >= 15 is 0 Å². The van der Waals surface area contributed by atoms with Gasteiger partial charge in [-0.15, -0.1) is 0 Å². The molecule has 0 unspecified atom stereocenters. The van der Waals surface area contributed by atoms with Crippen LogP contribution in [-0.2, 0) is 12.6 Å². The number of hydrogen-bond acceptors (Lipinski definition) is 3. The Morgan fingerprint density at radius 3 is 2.67 bits per heavy atom. The van der Waals surface area contributed by atoms with Gasteiger partial charge in [-0.2, -0.15) is 13.2 Å². The van der Waals surface area contributed by atoms with E-state index in [1.54, 1.807) is 0 Å². The molecule has 1 aromatic heterocycles. The molecule has 6 heteroatoms. The van der Waals surface area contributed by atoms with Crippen LogP contribution >= 0.6 is 0 Å². The van der Waals surface area contributed by atoms with Crippen molar-refractivity contribution in [2.24, 2.45) is 5.73 Å². The molecule has 0 spiro atoms. The molecule has 0 bridgehead atoms. The fourth-order valence-electron chi connectivity index (χ4n) is 1.46. The summed E-state index contributed by atoms with van der Waals surface area (Å²) >= 11 is 0. The van der Waals surface area contributed by atoms with Crippen LogP contribution in [0.5, 0.6) is 0 Å². The highest BCUT2D eigenvalue weighted by Crippen LogP contribution is 2.38. The lowest BCUT2D eigenvalue weighted by Crippen LogP contribution is -2.22. The van der Waals surface area contributed by atoms with E-state index < -0.39 is 11.9 Å². The zero-order valence-corrected chi connectivity index (χ0v) is 7.97. The average Bonchev–Trinajstić information content (AvgIpc) is 2.66. The lowest BCUT2D eigenvalue weighted by Gasteiger charge is -2.08. The smallest absolute Gasteiger partial charge is 0.364 e. The zero-order chi connectivity index (χ0) is 11.1. The zero-order valence-electron chi connectivity index (χ0n) is 7.97. The topological polar surface area (TPSA) is 52.0 Å². The number of halogens is 3. The Labute approximate surface area is 84.4 Å². The number of aryl methyl sites for hydroxylation is 1. The van der Waals surface area contributed by atoms with Gasteiger partial charge in [0.05, 0.1) is 0 Å². The normalized spacial score (nSPS) is 19.2. The van der Waals surface area contributed by atoms with Gasteiger partial charge in [-0.25, -0.2) is 0 Å². The molecule has 1 aliphatic carbocycles. The number of hydrogen-bond donors (Lipinski definition) is 1. The van der Waals surface area contributed by atoms with Crippen LogP contribution < -0.4 is 5.73 Å². The maximum atomic E-state index is 12.4. The van der Waals surface area contributed by atoms with Crippen molar-refractivity contribution in [3.63, 3.8) is 0 Å². The first-order chi connectivity index (χ1) is 6.91. The van der Waals surface area contributed by atoms with E-state index in [9.17, 15) is 13.2 Å². The number of alkyl halides is 3. The van der Waals surface area contributed by atoms with Crippen molar-refractivity contribution in [2.75, 3.05) is 0 Å². The summed E-state index contributed by atoms with van der Waals surface area (Å²) in [6.07, 6.45) is -0.784. The number of nitrogens with two attached hydrogens (primary N) is 1. The Bertz CT molecular complexity index is 354. The first-order valence-corrected chi connectivity index (χ1v) is 4.70. The third kappa shape index (κ3) is 2.31. The molecule has 1 fully saturated rings. The maximum Gasteiger partial charge on any atom is 0.437 e. The summed E-state index contributed by atoms with van der Waals surface area (Å²) in [6, 6.07) is 0. The van der Waals surface area contributed by atoms with Crippen molar-refractivity contribution in [2.45, 2.75) is 37.4 Å². The Balaban J connectivity index is 2.05. The maximum absolute atomic E-state index is 12.4. The second kappa shape index (κ2) is 3.23. The quantitative estimate of drug-likeness (QED) is 0.848. The molecular formula is C9H11F3N2O. The fraction of sp³-hybridized carbons (Fsp3) is 0.667. The van der Waals surface area contributed by atoms with Crippen LogP contribution in [0.1, 0.15) is 30.5 Å². The predicted octanol–water partition coefficient (Wildman–Crippen LogP) is 2.12. The van der Waals surface area contributed by atoms with Gasteiger partial charge in [0.1, 0.15) is 6.26 Å². The standard InChI is InChI=1S/C9H11F3N2O/c10-9(11,12)7-6(5-15-14-7)1-2-8(13)3-4-8/h5H,1-4,13H2. The summed E-state index contributed by atoms with van der Waals surface area (Å²) in [5.41, 5.74) is 4.71. The number of aromatic nitrogens is 1. The molecule has 0 amide bonds. The summed E-state index contributed by atoms with van der Waals surface area (Å²) in [7, 11) is 0. The fourth-order valence-corrected chi connectivity index (χ4v) is 1.46. The van der Waals surface area contributed by atoms with Crippen LogP contribution in [0.2, 0.25) is 0 Å². The highest BCUT2D eigenvalue weighted by molar-refractivity contribution is 5.19. The highest BCUT2D eigenvalue weighted by Gasteiger charge is 2.40. The molecule has 84 valence electrons. The minimum absolute atomic E-state index is 0.0965. The van der Waals surface area contributed by atoms with Crippen LogP contribution in [0.25, 0.3) is 0 Å². The van der Waals surface area contributed by atoms with Crippen LogP contribution in [-0.4, -0.2) is 10.7 Å². The van der Waals surface area contributed by atoms with E-state index in [1.807, 2.05) is 0 Å². The largest absolute Gasteiger partial charge is 0.437 e. The lowest BCUT2D eigenvalue weighted by atomic mass is 10.1. The molecule has 0 saturated heterocycles. The first kappa shape index (κ1) is 10.5. The third-order valence-electron chi connectivity index (χ3n) is 2.70. The van der Waals surface area contributed by atoms with Crippen LogP contribution in [0.4, 0.5) is 13.2 Å². The Kier molecular flexibility index (Phi) is 2.26. The van der Waals surface area contributed by atoms with Gasteiger partial charge in [0.2, 0.25) is 0 Å². The van der Waals surface area contributed by atoms with E-state index in [1.165, 1.54) is 0 Å². The molecule has 1 aliphatic rings. The van der Waals surface area contributed by atoms with Crippen LogP contribution in [0.3, 0.4) is 0 Å². The molecule has 1 saturated carbocycles. The molecule has 1 heterocycles. The molecular weight excluding hydrogens is 209 g/mol. The summed E-state index contributed by atoms with van der Waals surface area (Å²) in [6.45, 7) is 0. The monoisotopic (exact) mass is 220 g/mol. The molecule has 3 nitrogen and oxygen atoms in total. The van der Waals surface area contributed by atoms with Crippen molar-refractivity contribution < 1.29 is 17.7 Å². The minimum atomic E-state index is -4.44. The van der Waals surface area contributed by atoms with Crippen molar-refractivity contribution in [3.8, 4) is 0 Å². The highest BCUT2D eigenvalue weighted by atomic mass is 19.4. The summed E-state index contributed by atoms with van der Waals surface area (Å²) in [5, 5.41) is 2.97. The van der Waals surface area contributed by atoms with Gasteiger partial charge in [0.25, 0.3) is 0 Å². The Hall–Kier alpha value is -1.04. The molecule has 2 rings (SSSR count). The summed E-state index contributed by atoms with van der Waals surface area (Å²) < 4.78 is 41.4. The second-order valence-corrected chi connectivity index (χ2v) is 4.05. The molecule has 0 aromatic carbocycles. The van der Waals surface area contributed by atoms with Gasteiger partial charge in [-0.05, 0) is 25.7 Å². The molecule has 15 heavy (non-hydrogen) atoms. The summed E-state index contributed by atoms with van der Waals surface area (Å²) in [4.78, 5) is 0. The van der Waals surface area contributed by atoms with Crippen molar-refractivity contribution >= 4 is 0 Å². The number of nitrogens with zero attached hydrogens (tertiary/aromatic N) is 1. The van der Waals surface area contributed by atoms with Crippen LogP contribution in [0, 0.1) is 0 Å². The van der Waals surface area contributed by atoms with Gasteiger partial charge < -0.3 is 10.3 Å². The van der Waals surface area contributed by atoms with Gasteiger partial charge >= 0.3 is 6.18 Å². The minimum Gasteiger partial charge on any atom is -0.364 e. The van der Waals surface area contributed by atoms with Gasteiger partial charge in [0.15, 0.2) is 5.69 Å². The van der Waals surface area contributed by atoms with E-state index in [-0.39, 0.29) is 17.5 Å². The third-order valence-corrected chi connectivity index (χ3v) is 2.70. The van der Waals surface area contributed by atoms with Crippen molar-refractivity contribution in [1.82, 2.24) is 5.16 Å². The Morgan fingerprint density at radius 1 is 1.47 bits per heavy atom. The van der Waals surface area contributed by atoms with Gasteiger partial charge in [-0.1, -0.05) is 5.16 Å². The van der Waals surface area contributed by atoms with Gasteiger partial charge in [0, 0.05) is 11.1 Å². The van der Waals surface area contributed by atoms with Crippen molar-refractivity contribution in [3.05, 3.63) is 17.5 Å². The summed E-state index contributed by atoms with van der Waals surface area (Å²) in [5.74, 6) is 0. The first-order valence-electron chi connectivity index (χ1n) is 4.70. The molecule has 1 aromatic rings. The van der Waals surface area contributed by atoms with Crippen LogP contribution in [0.15, 0.2) is 10.8 Å². The SMILES string of the molecule is NC1(CCc2conc2C(F)(F)F)CC1. The average molecular weight is 220 g/mol. The molecule has 0 atom stereocenters. The number of rotatable bonds is 3. The second-order valence-electron chi connectivity index (χ2n) is 4.05. The Morgan fingerprint density at radius 2 is 2.13 bits per heavy atom. The van der Waals surface area contributed by atoms with E-state index in [2.05, 4.69) is 9.68 Å². The van der Waals surface area contributed by atoms with E-state index in [4.69, 9.17) is 5.73 Å².